The first-order valence-electron chi connectivity index (χ1n) is 2.83. The van der Waals surface area contributed by atoms with E-state index in [2.05, 4.69) is 10.2 Å². The summed E-state index contributed by atoms with van der Waals surface area (Å²) in [6, 6.07) is 0. The van der Waals surface area contributed by atoms with Crippen molar-refractivity contribution in [2.24, 2.45) is 5.18 Å². The summed E-state index contributed by atoms with van der Waals surface area (Å²) in [7, 11) is 0. The highest BCUT2D eigenvalue weighted by atomic mass is 32.1. The van der Waals surface area contributed by atoms with Gasteiger partial charge in [-0.2, -0.15) is 0 Å². The molecule has 0 saturated carbocycles. The number of rotatable bonds is 2. The van der Waals surface area contributed by atoms with Gasteiger partial charge in [0.1, 0.15) is 5.69 Å². The van der Waals surface area contributed by atoms with E-state index in [9.17, 15) is 4.91 Å². The van der Waals surface area contributed by atoms with E-state index in [4.69, 9.17) is 5.41 Å². The molecule has 5 heteroatoms. The quantitative estimate of drug-likeness (QED) is 0.539. The van der Waals surface area contributed by atoms with Crippen molar-refractivity contribution in [3.8, 4) is 0 Å². The molecule has 0 aliphatic rings. The van der Waals surface area contributed by atoms with E-state index in [0.29, 0.717) is 5.69 Å². The summed E-state index contributed by atoms with van der Waals surface area (Å²) in [6.45, 7) is 1.82. The molecule has 11 heavy (non-hydrogen) atoms. The smallest absolute Gasteiger partial charge is 0.194 e. The predicted molar refractivity (Wildman–Crippen MR) is 43.8 cm³/mol. The van der Waals surface area contributed by atoms with E-state index in [0.717, 1.165) is 5.01 Å². The lowest BCUT2D eigenvalue weighted by atomic mass is 10.4. The summed E-state index contributed by atoms with van der Waals surface area (Å²) in [5.74, 6) is 1.91. The van der Waals surface area contributed by atoms with Crippen LogP contribution in [0.4, 0.5) is 0 Å². The zero-order chi connectivity index (χ0) is 8.27. The Kier molecular flexibility index (Phi) is 2.25. The molecule has 1 aromatic rings. The maximum absolute atomic E-state index is 10.0. The van der Waals surface area contributed by atoms with Crippen LogP contribution in [0.3, 0.4) is 0 Å². The van der Waals surface area contributed by atoms with Gasteiger partial charge in [-0.05, 0) is 12.1 Å². The minimum Gasteiger partial charge on any atom is -0.257 e. The monoisotopic (exact) mass is 167 g/mol. The second-order valence-corrected chi connectivity index (χ2v) is 2.88. The molecular formula is C6H5N3OS. The Bertz CT molecular complexity index is 324. The first-order valence-corrected chi connectivity index (χ1v) is 3.71. The number of thiazole rings is 1. The van der Waals surface area contributed by atoms with Crippen molar-refractivity contribution in [3.63, 3.8) is 0 Å². The number of aryl methyl sites for hydroxylation is 1. The highest BCUT2D eigenvalue weighted by Gasteiger charge is 2.04. The molecule has 0 saturated heterocycles. The second kappa shape index (κ2) is 3.18. The molecule has 0 atom stereocenters. The molecule has 1 heterocycles. The van der Waals surface area contributed by atoms with E-state index in [1.165, 1.54) is 11.3 Å². The molecule has 0 aromatic carbocycles. The highest BCUT2D eigenvalue weighted by Crippen LogP contribution is 2.15. The van der Waals surface area contributed by atoms with Crippen LogP contribution in [0.15, 0.2) is 10.6 Å². The molecule has 1 rings (SSSR count). The van der Waals surface area contributed by atoms with E-state index in [1.54, 1.807) is 5.38 Å². The number of nitrogens with one attached hydrogen (secondary N) is 1. The molecule has 0 aliphatic carbocycles. The fourth-order valence-electron chi connectivity index (χ4n) is 0.606. The van der Waals surface area contributed by atoms with Crippen LogP contribution in [-0.2, 0) is 0 Å². The zero-order valence-electron chi connectivity index (χ0n) is 5.79. The molecule has 0 fully saturated rings. The van der Waals surface area contributed by atoms with Gasteiger partial charge in [0.05, 0.1) is 5.01 Å². The normalized spacial score (nSPS) is 8.82. The van der Waals surface area contributed by atoms with Crippen LogP contribution in [0.2, 0.25) is 0 Å². The third-order valence-electron chi connectivity index (χ3n) is 1.07. The summed E-state index contributed by atoms with van der Waals surface area (Å²) in [6.07, 6.45) is 0. The van der Waals surface area contributed by atoms with Gasteiger partial charge in [0.15, 0.2) is 5.70 Å². The van der Waals surface area contributed by atoms with Crippen molar-refractivity contribution in [1.82, 2.24) is 4.98 Å². The molecule has 0 aliphatic heterocycles. The standard InChI is InChI=1S/C6H5N3OS/c1-4-8-6(3-11-4)5(2-7)9-10/h3,7H,1H3. The molecule has 0 spiro atoms. The molecule has 56 valence electrons. The van der Waals surface area contributed by atoms with Crippen molar-refractivity contribution in [3.05, 3.63) is 21.0 Å². The second-order valence-electron chi connectivity index (χ2n) is 1.82. The maximum Gasteiger partial charge on any atom is 0.194 e. The summed E-state index contributed by atoms with van der Waals surface area (Å²) in [5.41, 5.74) is 0.381. The number of aromatic nitrogens is 1. The van der Waals surface area contributed by atoms with Crippen LogP contribution in [0.5, 0.6) is 0 Å². The lowest BCUT2D eigenvalue weighted by molar-refractivity contribution is 1.25. The number of hydrogen-bond acceptors (Lipinski definition) is 5. The average Bonchev–Trinajstić information content (AvgIpc) is 2.39. The molecular weight excluding hydrogens is 162 g/mol. The summed E-state index contributed by atoms with van der Waals surface area (Å²) < 4.78 is 0. The molecule has 0 amide bonds. The van der Waals surface area contributed by atoms with Gasteiger partial charge in [0, 0.05) is 11.2 Å². The molecule has 4 nitrogen and oxygen atoms in total. The summed E-state index contributed by atoms with van der Waals surface area (Å²) in [5, 5.41) is 11.8. The third-order valence-corrected chi connectivity index (χ3v) is 1.84. The number of nitroso groups, excluding NO2 is 1. The minimum absolute atomic E-state index is 0.0469. The zero-order valence-corrected chi connectivity index (χ0v) is 6.60. The Balaban J connectivity index is 3.10. The Morgan fingerprint density at radius 1 is 1.91 bits per heavy atom. The van der Waals surface area contributed by atoms with E-state index in [-0.39, 0.29) is 5.70 Å². The molecule has 0 bridgehead atoms. The van der Waals surface area contributed by atoms with E-state index >= 15 is 0 Å². The largest absolute Gasteiger partial charge is 0.257 e. The van der Waals surface area contributed by atoms with Gasteiger partial charge in [-0.1, -0.05) is 0 Å². The molecule has 1 aromatic heterocycles. The Morgan fingerprint density at radius 3 is 3.00 bits per heavy atom. The van der Waals surface area contributed by atoms with E-state index in [1.807, 2.05) is 12.8 Å². The predicted octanol–water partition coefficient (Wildman–Crippen LogP) is 1.81. The molecule has 0 unspecified atom stereocenters. The number of nitrogens with zero attached hydrogens (tertiary/aromatic N) is 2. The Morgan fingerprint density at radius 2 is 2.64 bits per heavy atom. The lowest BCUT2D eigenvalue weighted by Gasteiger charge is -1.82. The van der Waals surface area contributed by atoms with Crippen LogP contribution in [0.1, 0.15) is 10.7 Å². The van der Waals surface area contributed by atoms with Gasteiger partial charge < -0.3 is 0 Å². The van der Waals surface area contributed by atoms with Crippen LogP contribution in [0, 0.1) is 17.2 Å². The SMILES string of the molecule is Cc1nc(C(=C=N)N=O)cs1. The van der Waals surface area contributed by atoms with Crippen LogP contribution >= 0.6 is 11.3 Å². The Hall–Kier alpha value is -1.32. The first kappa shape index (κ1) is 7.78. The van der Waals surface area contributed by atoms with Crippen molar-refractivity contribution in [1.29, 1.82) is 5.41 Å². The lowest BCUT2D eigenvalue weighted by Crippen LogP contribution is -1.80. The van der Waals surface area contributed by atoms with Crippen molar-refractivity contribution in [2.45, 2.75) is 6.92 Å². The summed E-state index contributed by atoms with van der Waals surface area (Å²) in [4.78, 5) is 14.0. The highest BCUT2D eigenvalue weighted by molar-refractivity contribution is 7.09. The molecule has 1 N–H and O–H groups in total. The van der Waals surface area contributed by atoms with Crippen molar-refractivity contribution in [2.75, 3.05) is 0 Å². The van der Waals surface area contributed by atoms with Crippen molar-refractivity contribution < 1.29 is 0 Å². The van der Waals surface area contributed by atoms with E-state index < -0.39 is 0 Å². The fraction of sp³-hybridized carbons (Fsp3) is 0.167. The van der Waals surface area contributed by atoms with Gasteiger partial charge in [0.25, 0.3) is 0 Å². The minimum atomic E-state index is -0.0469. The van der Waals surface area contributed by atoms with Gasteiger partial charge in [-0.25, -0.2) is 4.98 Å². The van der Waals surface area contributed by atoms with Gasteiger partial charge in [-0.3, -0.25) is 5.41 Å². The van der Waals surface area contributed by atoms with Gasteiger partial charge in [0.2, 0.25) is 0 Å². The first-order chi connectivity index (χ1) is 5.27. The van der Waals surface area contributed by atoms with Crippen molar-refractivity contribution >= 4 is 22.9 Å². The van der Waals surface area contributed by atoms with Gasteiger partial charge in [-0.15, -0.1) is 16.2 Å². The summed E-state index contributed by atoms with van der Waals surface area (Å²) >= 11 is 1.41. The molecule has 0 radical (unpaired) electrons. The number of hydrogen-bond donors (Lipinski definition) is 1. The van der Waals surface area contributed by atoms with Gasteiger partial charge >= 0.3 is 0 Å². The topological polar surface area (TPSA) is 66.2 Å². The average molecular weight is 167 g/mol. The van der Waals surface area contributed by atoms with Crippen LogP contribution in [-0.4, -0.2) is 10.9 Å². The Labute approximate surface area is 67.1 Å². The fourth-order valence-corrected chi connectivity index (χ4v) is 1.20. The van der Waals surface area contributed by atoms with Crippen LogP contribution < -0.4 is 0 Å². The third kappa shape index (κ3) is 1.58. The maximum atomic E-state index is 10.0. The van der Waals surface area contributed by atoms with Crippen LogP contribution in [0.25, 0.3) is 5.70 Å².